The van der Waals surface area contributed by atoms with Crippen molar-refractivity contribution in [3.63, 3.8) is 0 Å². The van der Waals surface area contributed by atoms with Gasteiger partial charge in [-0.15, -0.1) is 0 Å². The third kappa shape index (κ3) is 9.52. The number of ether oxygens (including phenoxy) is 1. The lowest BCUT2D eigenvalue weighted by atomic mass is 10.1. The van der Waals surface area contributed by atoms with E-state index in [1.165, 1.54) is 0 Å². The van der Waals surface area contributed by atoms with E-state index < -0.39 is 0 Å². The van der Waals surface area contributed by atoms with Crippen molar-refractivity contribution in [2.24, 2.45) is 0 Å². The Morgan fingerprint density at radius 1 is 1.21 bits per heavy atom. The highest BCUT2D eigenvalue weighted by atomic mass is 16.5. The first-order valence-corrected chi connectivity index (χ1v) is 5.45. The van der Waals surface area contributed by atoms with Crippen LogP contribution in [0.4, 0.5) is 0 Å². The van der Waals surface area contributed by atoms with Gasteiger partial charge in [0.1, 0.15) is 0 Å². The second-order valence-electron chi connectivity index (χ2n) is 3.88. The molecule has 1 amide bonds. The van der Waals surface area contributed by atoms with Crippen LogP contribution >= 0.6 is 0 Å². The molecule has 3 heteroatoms. The number of hydrogen-bond donors (Lipinski definition) is 1. The van der Waals surface area contributed by atoms with Gasteiger partial charge in [-0.3, -0.25) is 4.79 Å². The molecule has 0 rings (SSSR count). The Labute approximate surface area is 87.2 Å². The number of hydrogen-bond acceptors (Lipinski definition) is 2. The van der Waals surface area contributed by atoms with Crippen molar-refractivity contribution in [3.8, 4) is 0 Å². The van der Waals surface area contributed by atoms with E-state index in [1.807, 2.05) is 13.8 Å². The highest BCUT2D eigenvalue weighted by Crippen LogP contribution is 2.03. The van der Waals surface area contributed by atoms with Crippen LogP contribution in [0, 0.1) is 0 Å². The zero-order valence-corrected chi connectivity index (χ0v) is 9.64. The van der Waals surface area contributed by atoms with Gasteiger partial charge in [0.15, 0.2) is 0 Å². The lowest BCUT2D eigenvalue weighted by Crippen LogP contribution is -2.29. The highest BCUT2D eigenvalue weighted by molar-refractivity contribution is 5.76. The van der Waals surface area contributed by atoms with Gasteiger partial charge in [-0.05, 0) is 26.7 Å². The summed E-state index contributed by atoms with van der Waals surface area (Å²) in [7, 11) is 1.72. The zero-order valence-electron chi connectivity index (χ0n) is 9.64. The van der Waals surface area contributed by atoms with Gasteiger partial charge < -0.3 is 10.1 Å². The smallest absolute Gasteiger partial charge is 0.220 e. The Balaban J connectivity index is 3.15. The standard InChI is InChI=1S/C11H23NO2/c1-10(2)12-11(13)8-6-4-5-7-9-14-3/h10H,4-9H2,1-3H3,(H,12,13). The van der Waals surface area contributed by atoms with Gasteiger partial charge in [0.05, 0.1) is 0 Å². The fourth-order valence-corrected chi connectivity index (χ4v) is 1.28. The van der Waals surface area contributed by atoms with E-state index in [9.17, 15) is 4.79 Å². The summed E-state index contributed by atoms with van der Waals surface area (Å²) >= 11 is 0. The molecule has 0 aliphatic rings. The molecule has 0 radical (unpaired) electrons. The molecule has 0 heterocycles. The maximum Gasteiger partial charge on any atom is 0.220 e. The highest BCUT2D eigenvalue weighted by Gasteiger charge is 2.01. The second kappa shape index (κ2) is 9.00. The maximum absolute atomic E-state index is 11.2. The third-order valence-corrected chi connectivity index (χ3v) is 1.95. The van der Waals surface area contributed by atoms with Gasteiger partial charge >= 0.3 is 0 Å². The van der Waals surface area contributed by atoms with Gasteiger partial charge in [0.2, 0.25) is 5.91 Å². The van der Waals surface area contributed by atoms with Crippen molar-refractivity contribution < 1.29 is 9.53 Å². The van der Waals surface area contributed by atoms with Crippen molar-refractivity contribution in [1.82, 2.24) is 5.32 Å². The Morgan fingerprint density at radius 2 is 1.86 bits per heavy atom. The topological polar surface area (TPSA) is 38.3 Å². The van der Waals surface area contributed by atoms with Gasteiger partial charge in [-0.25, -0.2) is 0 Å². The molecule has 0 aliphatic carbocycles. The van der Waals surface area contributed by atoms with Crippen LogP contribution in [0.5, 0.6) is 0 Å². The Hall–Kier alpha value is -0.570. The summed E-state index contributed by atoms with van der Waals surface area (Å²) < 4.78 is 4.94. The summed E-state index contributed by atoms with van der Waals surface area (Å²) in [4.78, 5) is 11.2. The van der Waals surface area contributed by atoms with E-state index >= 15 is 0 Å². The SMILES string of the molecule is COCCCCCCC(=O)NC(C)C. The predicted molar refractivity (Wildman–Crippen MR) is 58.2 cm³/mol. The minimum atomic E-state index is 0.173. The number of nitrogens with one attached hydrogen (secondary N) is 1. The number of carbonyl (C=O) groups is 1. The van der Waals surface area contributed by atoms with Gasteiger partial charge in [0.25, 0.3) is 0 Å². The Morgan fingerprint density at radius 3 is 2.43 bits per heavy atom. The minimum Gasteiger partial charge on any atom is -0.385 e. The first kappa shape index (κ1) is 13.4. The molecular weight excluding hydrogens is 178 g/mol. The average molecular weight is 201 g/mol. The predicted octanol–water partition coefficient (Wildman–Crippen LogP) is 2.11. The molecule has 0 saturated heterocycles. The van der Waals surface area contributed by atoms with Gasteiger partial charge in [0, 0.05) is 26.2 Å². The van der Waals surface area contributed by atoms with Crippen LogP contribution in [0.1, 0.15) is 46.0 Å². The lowest BCUT2D eigenvalue weighted by molar-refractivity contribution is -0.121. The summed E-state index contributed by atoms with van der Waals surface area (Å²) in [6.07, 6.45) is 5.02. The van der Waals surface area contributed by atoms with Gasteiger partial charge in [-0.1, -0.05) is 12.8 Å². The lowest BCUT2D eigenvalue weighted by Gasteiger charge is -2.07. The number of rotatable bonds is 8. The van der Waals surface area contributed by atoms with E-state index in [1.54, 1.807) is 7.11 Å². The molecule has 0 aliphatic heterocycles. The molecule has 0 bridgehead atoms. The second-order valence-corrected chi connectivity index (χ2v) is 3.88. The van der Waals surface area contributed by atoms with Crippen LogP contribution in [0.15, 0.2) is 0 Å². The first-order valence-electron chi connectivity index (χ1n) is 5.45. The van der Waals surface area contributed by atoms with Crippen LogP contribution in [0.2, 0.25) is 0 Å². The molecule has 1 N–H and O–H groups in total. The fraction of sp³-hybridized carbons (Fsp3) is 0.909. The molecule has 0 fully saturated rings. The summed E-state index contributed by atoms with van der Waals surface area (Å²) in [5, 5.41) is 2.88. The van der Waals surface area contributed by atoms with Crippen LogP contribution in [0.3, 0.4) is 0 Å². The van der Waals surface area contributed by atoms with Crippen molar-refractivity contribution in [3.05, 3.63) is 0 Å². The normalized spacial score (nSPS) is 10.6. The quantitative estimate of drug-likeness (QED) is 0.611. The van der Waals surface area contributed by atoms with E-state index in [0.29, 0.717) is 6.42 Å². The van der Waals surface area contributed by atoms with Crippen LogP contribution in [0.25, 0.3) is 0 Å². The summed E-state index contributed by atoms with van der Waals surface area (Å²) in [5.74, 6) is 0.173. The van der Waals surface area contributed by atoms with Crippen LogP contribution < -0.4 is 5.32 Å². The molecule has 84 valence electrons. The summed E-state index contributed by atoms with van der Waals surface area (Å²) in [5.41, 5.74) is 0. The average Bonchev–Trinajstić information content (AvgIpc) is 2.10. The van der Waals surface area contributed by atoms with Crippen molar-refractivity contribution in [1.29, 1.82) is 0 Å². The van der Waals surface area contributed by atoms with Crippen molar-refractivity contribution in [2.75, 3.05) is 13.7 Å². The maximum atomic E-state index is 11.2. The molecule has 0 aromatic carbocycles. The number of methoxy groups -OCH3 is 1. The van der Waals surface area contributed by atoms with Gasteiger partial charge in [-0.2, -0.15) is 0 Å². The molecule has 0 aromatic rings. The monoisotopic (exact) mass is 201 g/mol. The molecular formula is C11H23NO2. The van der Waals surface area contributed by atoms with E-state index in [4.69, 9.17) is 4.74 Å². The summed E-state index contributed by atoms with van der Waals surface area (Å²) in [6.45, 7) is 4.80. The molecule has 3 nitrogen and oxygen atoms in total. The fourth-order valence-electron chi connectivity index (χ4n) is 1.28. The Bertz CT molecular complexity index is 146. The molecule has 14 heavy (non-hydrogen) atoms. The molecule has 0 spiro atoms. The third-order valence-electron chi connectivity index (χ3n) is 1.95. The molecule has 0 saturated carbocycles. The largest absolute Gasteiger partial charge is 0.385 e. The molecule has 0 aromatic heterocycles. The van der Waals surface area contributed by atoms with Crippen molar-refractivity contribution in [2.45, 2.75) is 52.0 Å². The molecule has 0 atom stereocenters. The summed E-state index contributed by atoms with van der Waals surface area (Å²) in [6, 6.07) is 0.260. The number of carbonyl (C=O) groups excluding carboxylic acids is 1. The minimum absolute atomic E-state index is 0.173. The van der Waals surface area contributed by atoms with Crippen LogP contribution in [-0.2, 0) is 9.53 Å². The number of amides is 1. The van der Waals surface area contributed by atoms with E-state index in [2.05, 4.69) is 5.32 Å². The number of unbranched alkanes of at least 4 members (excludes halogenated alkanes) is 3. The van der Waals surface area contributed by atoms with E-state index in [-0.39, 0.29) is 11.9 Å². The molecule has 0 unspecified atom stereocenters. The first-order chi connectivity index (χ1) is 6.66. The Kier molecular flexibility index (Phi) is 8.64. The van der Waals surface area contributed by atoms with E-state index in [0.717, 1.165) is 32.3 Å². The zero-order chi connectivity index (χ0) is 10.8. The van der Waals surface area contributed by atoms with Crippen molar-refractivity contribution >= 4 is 5.91 Å². The van der Waals surface area contributed by atoms with Crippen LogP contribution in [-0.4, -0.2) is 25.7 Å².